The lowest BCUT2D eigenvalue weighted by Crippen LogP contribution is -2.34. The highest BCUT2D eigenvalue weighted by molar-refractivity contribution is 6.34. The monoisotopic (exact) mass is 380 g/mol. The van der Waals surface area contributed by atoms with Gasteiger partial charge in [-0.25, -0.2) is 9.97 Å². The van der Waals surface area contributed by atoms with E-state index in [1.165, 1.54) is 4.42 Å². The summed E-state index contributed by atoms with van der Waals surface area (Å²) < 4.78 is 6.90. The van der Waals surface area contributed by atoms with Gasteiger partial charge in [-0.2, -0.15) is 0 Å². The van der Waals surface area contributed by atoms with E-state index >= 15 is 0 Å². The molecule has 1 aromatic heterocycles. The van der Waals surface area contributed by atoms with Gasteiger partial charge in [-0.05, 0) is 31.9 Å². The Balaban J connectivity index is 1.91. The zero-order valence-electron chi connectivity index (χ0n) is 13.7. The minimum atomic E-state index is -0.298. The number of hydrogen-bond acceptors (Lipinski definition) is 5. The molecule has 0 unspecified atom stereocenters. The summed E-state index contributed by atoms with van der Waals surface area (Å²) in [5.41, 5.74) is 0.819. The van der Waals surface area contributed by atoms with Gasteiger partial charge in [0, 0.05) is 30.6 Å². The second-order valence-electron chi connectivity index (χ2n) is 5.74. The Hall–Kier alpha value is -1.89. The quantitative estimate of drug-likeness (QED) is 0.644. The molecule has 0 atom stereocenters. The van der Waals surface area contributed by atoms with Crippen LogP contribution in [-0.4, -0.2) is 35.1 Å². The number of benzene rings is 1. The first-order chi connectivity index (χ1) is 12.1. The molecule has 1 amide bonds. The number of ether oxygens (including phenoxy) is 1. The fraction of sp³-hybridized carbons (Fsp3) is 0.353. The van der Waals surface area contributed by atoms with Crippen LogP contribution in [0, 0.1) is 6.92 Å². The van der Waals surface area contributed by atoms with Crippen LogP contribution in [0.15, 0.2) is 30.3 Å². The minimum Gasteiger partial charge on any atom is -0.381 e. The Morgan fingerprint density at radius 2 is 1.92 bits per heavy atom. The molecular formula is C17H18Cl2N4O2. The lowest BCUT2D eigenvalue weighted by molar-refractivity contribution is 0.0875. The van der Waals surface area contributed by atoms with Crippen molar-refractivity contribution in [1.29, 1.82) is 0 Å². The van der Waals surface area contributed by atoms with Crippen molar-refractivity contribution >= 4 is 40.8 Å². The number of carbonyl (C=O) groups is 1. The lowest BCUT2D eigenvalue weighted by Gasteiger charge is -2.30. The average molecular weight is 381 g/mol. The number of anilines is 2. The Labute approximate surface area is 156 Å². The number of aromatic nitrogens is 2. The lowest BCUT2D eigenvalue weighted by atomic mass is 10.1. The number of amides is 1. The maximum Gasteiger partial charge on any atom is 0.255 e. The summed E-state index contributed by atoms with van der Waals surface area (Å²) in [6, 6.07) is 8.91. The highest BCUT2D eigenvalue weighted by Gasteiger charge is 2.26. The third kappa shape index (κ3) is 4.21. The second kappa shape index (κ2) is 7.99. The van der Waals surface area contributed by atoms with E-state index in [1.807, 2.05) is 6.07 Å². The van der Waals surface area contributed by atoms with Crippen LogP contribution in [0.4, 0.5) is 11.5 Å². The Bertz CT molecular complexity index is 752. The van der Waals surface area contributed by atoms with Gasteiger partial charge in [0.2, 0.25) is 0 Å². The fourth-order valence-corrected chi connectivity index (χ4v) is 3.22. The molecule has 8 heteroatoms. The molecule has 1 aliphatic rings. The van der Waals surface area contributed by atoms with Crippen molar-refractivity contribution in [3.63, 3.8) is 0 Å². The van der Waals surface area contributed by atoms with Crippen molar-refractivity contribution in [3.05, 3.63) is 46.9 Å². The number of nitrogens with one attached hydrogen (secondary N) is 1. The van der Waals surface area contributed by atoms with Gasteiger partial charge in [-0.1, -0.05) is 29.8 Å². The number of halogens is 2. The van der Waals surface area contributed by atoms with Crippen LogP contribution in [0.2, 0.25) is 5.15 Å². The van der Waals surface area contributed by atoms with E-state index in [-0.39, 0.29) is 17.1 Å². The summed E-state index contributed by atoms with van der Waals surface area (Å²) in [6.45, 7) is 3.00. The molecule has 25 heavy (non-hydrogen) atoms. The maximum atomic E-state index is 12.5. The first kappa shape index (κ1) is 17.9. The normalized spacial score (nSPS) is 15.0. The van der Waals surface area contributed by atoms with Crippen molar-refractivity contribution in [2.75, 3.05) is 22.9 Å². The van der Waals surface area contributed by atoms with Crippen molar-refractivity contribution in [1.82, 2.24) is 9.97 Å². The van der Waals surface area contributed by atoms with E-state index in [0.717, 1.165) is 12.8 Å². The molecule has 0 spiro atoms. The first-order valence-electron chi connectivity index (χ1n) is 7.99. The zero-order valence-corrected chi connectivity index (χ0v) is 15.2. The van der Waals surface area contributed by atoms with E-state index in [0.29, 0.717) is 36.1 Å². The molecule has 2 heterocycles. The standard InChI is InChI=1S/C17H18Cl2N4O2/c1-11-20-15(18)14(22-17(24)12-5-3-2-4-6-12)16(21-11)23(19)13-7-9-25-10-8-13/h2-6,13H,7-10H2,1H3,(H,22,24). The van der Waals surface area contributed by atoms with E-state index < -0.39 is 0 Å². The Morgan fingerprint density at radius 1 is 1.24 bits per heavy atom. The first-order valence-corrected chi connectivity index (χ1v) is 8.71. The maximum absolute atomic E-state index is 12.5. The zero-order chi connectivity index (χ0) is 17.8. The van der Waals surface area contributed by atoms with Gasteiger partial charge in [0.15, 0.2) is 11.0 Å². The van der Waals surface area contributed by atoms with Crippen LogP contribution < -0.4 is 9.74 Å². The summed E-state index contributed by atoms with van der Waals surface area (Å²) >= 11 is 12.8. The third-order valence-corrected chi connectivity index (χ3v) is 4.66. The van der Waals surface area contributed by atoms with E-state index in [4.69, 9.17) is 28.1 Å². The highest BCUT2D eigenvalue weighted by atomic mass is 35.5. The van der Waals surface area contributed by atoms with E-state index in [1.54, 1.807) is 31.2 Å². The molecule has 0 saturated carbocycles. The average Bonchev–Trinajstić information content (AvgIpc) is 2.64. The summed E-state index contributed by atoms with van der Waals surface area (Å²) in [5.74, 6) is 0.582. The Morgan fingerprint density at radius 3 is 2.60 bits per heavy atom. The minimum absolute atomic E-state index is 0.0492. The van der Waals surface area contributed by atoms with Gasteiger partial charge in [-0.3, -0.25) is 9.21 Å². The van der Waals surface area contributed by atoms with Gasteiger partial charge in [-0.15, -0.1) is 0 Å². The summed E-state index contributed by atoms with van der Waals surface area (Å²) in [6.07, 6.45) is 1.55. The topological polar surface area (TPSA) is 67.4 Å². The molecule has 3 rings (SSSR count). The van der Waals surface area contributed by atoms with Gasteiger partial charge in [0.1, 0.15) is 11.5 Å². The van der Waals surface area contributed by atoms with Crippen LogP contribution in [0.25, 0.3) is 0 Å². The molecule has 0 radical (unpaired) electrons. The Kier molecular flexibility index (Phi) is 5.73. The predicted octanol–water partition coefficient (Wildman–Crippen LogP) is 3.83. The largest absolute Gasteiger partial charge is 0.381 e. The summed E-state index contributed by atoms with van der Waals surface area (Å²) in [7, 11) is 0. The molecule has 1 fully saturated rings. The van der Waals surface area contributed by atoms with Gasteiger partial charge in [0.25, 0.3) is 5.91 Å². The van der Waals surface area contributed by atoms with Crippen LogP contribution in [0.5, 0.6) is 0 Å². The second-order valence-corrected chi connectivity index (χ2v) is 6.46. The number of nitrogens with zero attached hydrogens (tertiary/aromatic N) is 3. The molecule has 2 aromatic rings. The molecule has 0 aliphatic carbocycles. The molecule has 132 valence electrons. The molecule has 1 aromatic carbocycles. The smallest absolute Gasteiger partial charge is 0.255 e. The molecular weight excluding hydrogens is 363 g/mol. The molecule has 1 N–H and O–H groups in total. The van der Waals surface area contributed by atoms with Crippen LogP contribution in [0.1, 0.15) is 29.0 Å². The van der Waals surface area contributed by atoms with Crippen LogP contribution >= 0.6 is 23.4 Å². The molecule has 6 nitrogen and oxygen atoms in total. The van der Waals surface area contributed by atoms with Crippen molar-refractivity contribution in [3.8, 4) is 0 Å². The fourth-order valence-electron chi connectivity index (χ4n) is 2.65. The number of rotatable bonds is 4. The molecule has 0 bridgehead atoms. The third-order valence-electron chi connectivity index (χ3n) is 3.95. The van der Waals surface area contributed by atoms with Crippen molar-refractivity contribution in [2.24, 2.45) is 0 Å². The van der Waals surface area contributed by atoms with Crippen LogP contribution in [-0.2, 0) is 4.74 Å². The van der Waals surface area contributed by atoms with Gasteiger partial charge >= 0.3 is 0 Å². The van der Waals surface area contributed by atoms with E-state index in [2.05, 4.69) is 15.3 Å². The highest BCUT2D eigenvalue weighted by Crippen LogP contribution is 2.34. The van der Waals surface area contributed by atoms with E-state index in [9.17, 15) is 4.79 Å². The molecule has 1 saturated heterocycles. The SMILES string of the molecule is Cc1nc(Cl)c(NC(=O)c2ccccc2)c(N(Cl)C2CCOCC2)n1. The number of carbonyl (C=O) groups excluding carboxylic acids is 1. The summed E-state index contributed by atoms with van der Waals surface area (Å²) in [4.78, 5) is 21.0. The molecule has 1 aliphatic heterocycles. The van der Waals surface area contributed by atoms with Gasteiger partial charge in [0.05, 0.1) is 6.04 Å². The number of aryl methyl sites for hydroxylation is 1. The van der Waals surface area contributed by atoms with Crippen molar-refractivity contribution in [2.45, 2.75) is 25.8 Å². The van der Waals surface area contributed by atoms with Crippen LogP contribution in [0.3, 0.4) is 0 Å². The predicted molar refractivity (Wildman–Crippen MR) is 98.3 cm³/mol. The van der Waals surface area contributed by atoms with Crippen molar-refractivity contribution < 1.29 is 9.53 Å². The summed E-state index contributed by atoms with van der Waals surface area (Å²) in [5, 5.41) is 2.95. The number of hydrogen-bond donors (Lipinski definition) is 1. The van der Waals surface area contributed by atoms with Gasteiger partial charge < -0.3 is 10.1 Å².